The molecule has 0 fully saturated rings. The second-order valence-corrected chi connectivity index (χ2v) is 2.53. The Balaban J connectivity index is 2.45. The van der Waals surface area contributed by atoms with Crippen LogP contribution in [0.2, 0.25) is 0 Å². The smallest absolute Gasteiger partial charge is 0.171 e. The Morgan fingerprint density at radius 1 is 1.25 bits per heavy atom. The van der Waals surface area contributed by atoms with E-state index in [1.54, 1.807) is 29.5 Å². The molecule has 2 aromatic rings. The highest BCUT2D eigenvalue weighted by Gasteiger charge is 1.96. The second kappa shape index (κ2) is 2.73. The summed E-state index contributed by atoms with van der Waals surface area (Å²) in [7, 11) is 0. The van der Waals surface area contributed by atoms with E-state index in [1.165, 1.54) is 0 Å². The molecule has 2 rings (SSSR count). The molecule has 0 aromatic carbocycles. The topological polar surface area (TPSA) is 43.6 Å². The zero-order chi connectivity index (χ0) is 8.39. The lowest BCUT2D eigenvalue weighted by atomic mass is 10.4. The molecule has 0 radical (unpaired) electrons. The minimum absolute atomic E-state index is 0.741. The van der Waals surface area contributed by atoms with E-state index in [4.69, 9.17) is 0 Å². The summed E-state index contributed by atoms with van der Waals surface area (Å²) in [5.41, 5.74) is 1.11. The summed E-state index contributed by atoms with van der Waals surface area (Å²) < 4.78 is 1.70. The highest BCUT2D eigenvalue weighted by Crippen LogP contribution is 2.01. The van der Waals surface area contributed by atoms with Crippen molar-refractivity contribution in [3.63, 3.8) is 0 Å². The van der Waals surface area contributed by atoms with E-state index < -0.39 is 0 Å². The first-order chi connectivity index (χ1) is 5.86. The van der Waals surface area contributed by atoms with E-state index >= 15 is 0 Å². The van der Waals surface area contributed by atoms with E-state index in [2.05, 4.69) is 15.1 Å². The van der Waals surface area contributed by atoms with Crippen molar-refractivity contribution in [1.82, 2.24) is 19.7 Å². The number of nitrogens with zero attached hydrogens (tertiary/aromatic N) is 4. The Morgan fingerprint density at radius 2 is 2.17 bits per heavy atom. The lowest BCUT2D eigenvalue weighted by molar-refractivity contribution is 0.837. The minimum atomic E-state index is 0.741. The molecule has 0 saturated heterocycles. The van der Waals surface area contributed by atoms with Gasteiger partial charge in [0.25, 0.3) is 0 Å². The van der Waals surface area contributed by atoms with Gasteiger partial charge in [-0.25, -0.2) is 9.67 Å². The number of hydrogen-bond acceptors (Lipinski definition) is 3. The average molecular weight is 160 g/mol. The highest BCUT2D eigenvalue weighted by atomic mass is 15.3. The van der Waals surface area contributed by atoms with Gasteiger partial charge in [-0.2, -0.15) is 5.10 Å². The molecule has 2 aromatic heterocycles. The van der Waals surface area contributed by atoms with Crippen LogP contribution in [0.5, 0.6) is 0 Å². The first kappa shape index (κ1) is 6.97. The van der Waals surface area contributed by atoms with Crippen molar-refractivity contribution in [2.45, 2.75) is 6.92 Å². The summed E-state index contributed by atoms with van der Waals surface area (Å²) in [4.78, 5) is 8.05. The van der Waals surface area contributed by atoms with Crippen LogP contribution in [-0.2, 0) is 0 Å². The van der Waals surface area contributed by atoms with Crippen molar-refractivity contribution in [2.24, 2.45) is 0 Å². The van der Waals surface area contributed by atoms with E-state index in [0.29, 0.717) is 0 Å². The Labute approximate surface area is 69.9 Å². The van der Waals surface area contributed by atoms with E-state index in [9.17, 15) is 0 Å². The largest absolute Gasteiger partial charge is 0.259 e. The molecule has 4 heteroatoms. The summed E-state index contributed by atoms with van der Waals surface area (Å²) in [5.74, 6) is 0.741. The van der Waals surface area contributed by atoms with Crippen LogP contribution >= 0.6 is 0 Å². The van der Waals surface area contributed by atoms with Crippen molar-refractivity contribution in [3.8, 4) is 5.82 Å². The molecule has 0 atom stereocenters. The summed E-state index contributed by atoms with van der Waals surface area (Å²) in [6.45, 7) is 1.99. The Kier molecular flexibility index (Phi) is 1.59. The van der Waals surface area contributed by atoms with Gasteiger partial charge in [0.2, 0.25) is 0 Å². The van der Waals surface area contributed by atoms with Crippen molar-refractivity contribution in [3.05, 3.63) is 36.5 Å². The van der Waals surface area contributed by atoms with Crippen molar-refractivity contribution >= 4 is 0 Å². The minimum Gasteiger partial charge on any atom is -0.259 e. The summed E-state index contributed by atoms with van der Waals surface area (Å²) in [6, 6.07) is 0. The van der Waals surface area contributed by atoms with Gasteiger partial charge in [-0.05, 0) is 12.5 Å². The summed E-state index contributed by atoms with van der Waals surface area (Å²) in [6.07, 6.45) is 8.65. The van der Waals surface area contributed by atoms with Crippen molar-refractivity contribution < 1.29 is 0 Å². The third-order valence-corrected chi connectivity index (χ3v) is 1.50. The van der Waals surface area contributed by atoms with Gasteiger partial charge >= 0.3 is 0 Å². The normalized spacial score (nSPS) is 10.1. The molecule has 0 aliphatic carbocycles. The molecule has 0 aliphatic rings. The van der Waals surface area contributed by atoms with Crippen LogP contribution in [0.3, 0.4) is 0 Å². The number of aryl methyl sites for hydroxylation is 1. The van der Waals surface area contributed by atoms with Crippen LogP contribution in [-0.4, -0.2) is 19.7 Å². The first-order valence-electron chi connectivity index (χ1n) is 3.64. The van der Waals surface area contributed by atoms with Crippen LogP contribution in [0.4, 0.5) is 0 Å². The van der Waals surface area contributed by atoms with Crippen LogP contribution in [0.15, 0.2) is 31.0 Å². The van der Waals surface area contributed by atoms with Gasteiger partial charge < -0.3 is 0 Å². The van der Waals surface area contributed by atoms with E-state index in [0.717, 1.165) is 11.4 Å². The predicted molar refractivity (Wildman–Crippen MR) is 43.9 cm³/mol. The molecule has 0 unspecified atom stereocenters. The maximum Gasteiger partial charge on any atom is 0.171 e. The SMILES string of the molecule is Cc1cnn(-c2cnccn2)c1. The van der Waals surface area contributed by atoms with E-state index in [1.807, 2.05) is 13.1 Å². The average Bonchev–Trinajstić information content (AvgIpc) is 2.54. The fourth-order valence-electron chi connectivity index (χ4n) is 0.948. The number of aromatic nitrogens is 4. The second-order valence-electron chi connectivity index (χ2n) is 2.53. The Hall–Kier alpha value is -1.71. The fraction of sp³-hybridized carbons (Fsp3) is 0.125. The molecular formula is C8H8N4. The number of rotatable bonds is 1. The summed E-state index contributed by atoms with van der Waals surface area (Å²) in [5, 5.41) is 4.10. The lowest BCUT2D eigenvalue weighted by Gasteiger charge is -1.95. The Bertz CT molecular complexity index is 366. The first-order valence-corrected chi connectivity index (χ1v) is 3.64. The number of hydrogen-bond donors (Lipinski definition) is 0. The molecule has 12 heavy (non-hydrogen) atoms. The monoisotopic (exact) mass is 160 g/mol. The maximum absolute atomic E-state index is 4.10. The van der Waals surface area contributed by atoms with Gasteiger partial charge in [-0.1, -0.05) is 0 Å². The zero-order valence-electron chi connectivity index (χ0n) is 6.68. The predicted octanol–water partition coefficient (Wildman–Crippen LogP) is 0.971. The van der Waals surface area contributed by atoms with Gasteiger partial charge in [0.05, 0.1) is 12.4 Å². The van der Waals surface area contributed by atoms with Gasteiger partial charge in [0.1, 0.15) is 0 Å². The molecule has 0 bridgehead atoms. The molecule has 0 amide bonds. The standard InChI is InChI=1S/C8H8N4/c1-7-4-11-12(6-7)8-5-9-2-3-10-8/h2-6H,1H3. The van der Waals surface area contributed by atoms with E-state index in [-0.39, 0.29) is 0 Å². The quantitative estimate of drug-likeness (QED) is 0.624. The lowest BCUT2D eigenvalue weighted by Crippen LogP contribution is -1.97. The molecular weight excluding hydrogens is 152 g/mol. The van der Waals surface area contributed by atoms with Crippen molar-refractivity contribution in [2.75, 3.05) is 0 Å². The molecule has 2 heterocycles. The van der Waals surface area contributed by atoms with Crippen LogP contribution in [0.1, 0.15) is 5.56 Å². The van der Waals surface area contributed by atoms with Gasteiger partial charge in [0.15, 0.2) is 5.82 Å². The van der Waals surface area contributed by atoms with Gasteiger partial charge in [-0.3, -0.25) is 4.98 Å². The summed E-state index contributed by atoms with van der Waals surface area (Å²) >= 11 is 0. The molecule has 4 nitrogen and oxygen atoms in total. The van der Waals surface area contributed by atoms with Gasteiger partial charge in [-0.15, -0.1) is 0 Å². The fourth-order valence-corrected chi connectivity index (χ4v) is 0.948. The van der Waals surface area contributed by atoms with Gasteiger partial charge in [0, 0.05) is 18.6 Å². The van der Waals surface area contributed by atoms with Crippen molar-refractivity contribution in [1.29, 1.82) is 0 Å². The molecule has 60 valence electrons. The molecule has 0 spiro atoms. The third-order valence-electron chi connectivity index (χ3n) is 1.50. The highest BCUT2D eigenvalue weighted by molar-refractivity contribution is 5.17. The third kappa shape index (κ3) is 1.18. The molecule has 0 saturated carbocycles. The molecule has 0 aliphatic heterocycles. The molecule has 0 N–H and O–H groups in total. The van der Waals surface area contributed by atoms with Crippen LogP contribution in [0, 0.1) is 6.92 Å². The van der Waals surface area contributed by atoms with Crippen LogP contribution in [0.25, 0.3) is 5.82 Å². The Morgan fingerprint density at radius 3 is 2.75 bits per heavy atom. The zero-order valence-corrected chi connectivity index (χ0v) is 6.68. The van der Waals surface area contributed by atoms with Crippen LogP contribution < -0.4 is 0 Å². The maximum atomic E-state index is 4.10.